The Morgan fingerprint density at radius 1 is 1.46 bits per heavy atom. The van der Waals surface area contributed by atoms with E-state index in [9.17, 15) is 4.79 Å². The number of carbonyl (C=O) groups excluding carboxylic acids is 1. The standard InChI is InChI=1S/C10H17NO2/c1-10(2,3)6-4-5-8-7-9(12)13-11-8/h4-7H2,1-3H3. The molecule has 13 heavy (non-hydrogen) atoms. The van der Waals surface area contributed by atoms with Crippen LogP contribution in [0.25, 0.3) is 0 Å². The van der Waals surface area contributed by atoms with Gasteiger partial charge in [0.15, 0.2) is 0 Å². The molecule has 0 radical (unpaired) electrons. The zero-order valence-corrected chi connectivity index (χ0v) is 8.59. The molecule has 0 amide bonds. The van der Waals surface area contributed by atoms with Crippen LogP contribution in [0.2, 0.25) is 0 Å². The van der Waals surface area contributed by atoms with Crippen molar-refractivity contribution in [3.05, 3.63) is 0 Å². The Hall–Kier alpha value is -0.860. The molecule has 0 atom stereocenters. The van der Waals surface area contributed by atoms with Crippen molar-refractivity contribution in [3.63, 3.8) is 0 Å². The number of hydrogen-bond donors (Lipinski definition) is 0. The third-order valence-corrected chi connectivity index (χ3v) is 2.02. The van der Waals surface area contributed by atoms with Crippen LogP contribution in [0.5, 0.6) is 0 Å². The normalized spacial score (nSPS) is 17.2. The molecule has 0 aromatic rings. The molecule has 3 nitrogen and oxygen atoms in total. The highest BCUT2D eigenvalue weighted by atomic mass is 16.7. The summed E-state index contributed by atoms with van der Waals surface area (Å²) in [5, 5.41) is 3.70. The van der Waals surface area contributed by atoms with Crippen molar-refractivity contribution >= 4 is 11.7 Å². The first-order chi connectivity index (χ1) is 5.97. The van der Waals surface area contributed by atoms with E-state index in [1.165, 1.54) is 0 Å². The molecule has 3 heteroatoms. The summed E-state index contributed by atoms with van der Waals surface area (Å²) in [6.07, 6.45) is 3.52. The number of hydrogen-bond acceptors (Lipinski definition) is 3. The van der Waals surface area contributed by atoms with E-state index in [0.29, 0.717) is 11.8 Å². The predicted octanol–water partition coefficient (Wildman–Crippen LogP) is 2.51. The topological polar surface area (TPSA) is 38.7 Å². The average Bonchev–Trinajstić information content (AvgIpc) is 2.33. The van der Waals surface area contributed by atoms with E-state index in [2.05, 4.69) is 30.8 Å². The quantitative estimate of drug-likeness (QED) is 0.630. The molecular formula is C10H17NO2. The summed E-state index contributed by atoms with van der Waals surface area (Å²) in [6, 6.07) is 0. The molecule has 0 saturated carbocycles. The highest BCUT2D eigenvalue weighted by molar-refractivity contribution is 6.01. The maximum Gasteiger partial charge on any atom is 0.340 e. The smallest absolute Gasteiger partial charge is 0.318 e. The highest BCUT2D eigenvalue weighted by Crippen LogP contribution is 2.22. The average molecular weight is 183 g/mol. The molecule has 1 aliphatic heterocycles. The second-order valence-corrected chi connectivity index (χ2v) is 4.71. The lowest BCUT2D eigenvalue weighted by atomic mass is 9.89. The van der Waals surface area contributed by atoms with Crippen molar-refractivity contribution in [2.75, 3.05) is 0 Å². The second kappa shape index (κ2) is 3.90. The minimum Gasteiger partial charge on any atom is -0.318 e. The molecule has 0 spiro atoms. The zero-order valence-electron chi connectivity index (χ0n) is 8.59. The van der Waals surface area contributed by atoms with E-state index in [-0.39, 0.29) is 5.97 Å². The SMILES string of the molecule is CC(C)(C)CCCC1=NOC(=O)C1. The van der Waals surface area contributed by atoms with E-state index in [4.69, 9.17) is 0 Å². The van der Waals surface area contributed by atoms with Crippen LogP contribution in [0.4, 0.5) is 0 Å². The van der Waals surface area contributed by atoms with Crippen LogP contribution < -0.4 is 0 Å². The molecule has 0 bridgehead atoms. The second-order valence-electron chi connectivity index (χ2n) is 4.71. The van der Waals surface area contributed by atoms with Gasteiger partial charge in [-0.1, -0.05) is 25.9 Å². The first-order valence-electron chi connectivity index (χ1n) is 4.73. The minimum atomic E-state index is -0.217. The Balaban J connectivity index is 2.17. The lowest BCUT2D eigenvalue weighted by Gasteiger charge is -2.17. The molecule has 0 saturated heterocycles. The van der Waals surface area contributed by atoms with Gasteiger partial charge in [-0.25, -0.2) is 4.79 Å². The van der Waals surface area contributed by atoms with Crippen molar-refractivity contribution in [2.24, 2.45) is 10.6 Å². The molecule has 0 aliphatic carbocycles. The fourth-order valence-corrected chi connectivity index (χ4v) is 1.30. The summed E-state index contributed by atoms with van der Waals surface area (Å²) in [7, 11) is 0. The van der Waals surface area contributed by atoms with Crippen molar-refractivity contribution in [1.82, 2.24) is 0 Å². The van der Waals surface area contributed by atoms with Crippen LogP contribution >= 0.6 is 0 Å². The van der Waals surface area contributed by atoms with Crippen molar-refractivity contribution < 1.29 is 9.63 Å². The fourth-order valence-electron chi connectivity index (χ4n) is 1.30. The molecule has 1 rings (SSSR count). The van der Waals surface area contributed by atoms with E-state index >= 15 is 0 Å². The van der Waals surface area contributed by atoms with Gasteiger partial charge in [-0.2, -0.15) is 0 Å². The van der Waals surface area contributed by atoms with Gasteiger partial charge in [-0.3, -0.25) is 0 Å². The van der Waals surface area contributed by atoms with Gasteiger partial charge >= 0.3 is 5.97 Å². The zero-order chi connectivity index (χ0) is 9.90. The molecule has 0 aromatic carbocycles. The highest BCUT2D eigenvalue weighted by Gasteiger charge is 2.17. The summed E-state index contributed by atoms with van der Waals surface area (Å²) in [5.41, 5.74) is 1.26. The Bertz CT molecular complexity index is 226. The summed E-state index contributed by atoms with van der Waals surface area (Å²) < 4.78 is 0. The fraction of sp³-hybridized carbons (Fsp3) is 0.800. The molecule has 0 N–H and O–H groups in total. The molecule has 0 fully saturated rings. The van der Waals surface area contributed by atoms with Crippen LogP contribution in [0.3, 0.4) is 0 Å². The third-order valence-electron chi connectivity index (χ3n) is 2.02. The van der Waals surface area contributed by atoms with Gasteiger partial charge in [-0.15, -0.1) is 0 Å². The first-order valence-corrected chi connectivity index (χ1v) is 4.73. The van der Waals surface area contributed by atoms with Gasteiger partial charge in [0.05, 0.1) is 12.1 Å². The van der Waals surface area contributed by atoms with Crippen molar-refractivity contribution in [3.8, 4) is 0 Å². The summed E-state index contributed by atoms with van der Waals surface area (Å²) in [6.45, 7) is 6.64. The van der Waals surface area contributed by atoms with Gasteiger partial charge in [0, 0.05) is 0 Å². The molecule has 0 aromatic heterocycles. The number of carbonyl (C=O) groups is 1. The van der Waals surface area contributed by atoms with E-state index < -0.39 is 0 Å². The number of oxime groups is 1. The molecular weight excluding hydrogens is 166 g/mol. The summed E-state index contributed by atoms with van der Waals surface area (Å²) in [5.74, 6) is -0.217. The van der Waals surface area contributed by atoms with Crippen LogP contribution in [-0.4, -0.2) is 11.7 Å². The van der Waals surface area contributed by atoms with Gasteiger partial charge in [0.2, 0.25) is 0 Å². The lowest BCUT2D eigenvalue weighted by Crippen LogP contribution is -2.06. The van der Waals surface area contributed by atoms with Gasteiger partial charge in [0.1, 0.15) is 0 Å². The Kier molecular flexibility index (Phi) is 3.07. The van der Waals surface area contributed by atoms with Crippen LogP contribution in [-0.2, 0) is 9.63 Å². The van der Waals surface area contributed by atoms with E-state index in [0.717, 1.165) is 25.0 Å². The summed E-state index contributed by atoms with van der Waals surface area (Å²) in [4.78, 5) is 15.2. The molecule has 1 aliphatic rings. The molecule has 74 valence electrons. The maximum absolute atomic E-state index is 10.7. The Morgan fingerprint density at radius 3 is 2.62 bits per heavy atom. The van der Waals surface area contributed by atoms with Crippen molar-refractivity contribution in [1.29, 1.82) is 0 Å². The predicted molar refractivity (Wildman–Crippen MR) is 51.5 cm³/mol. The minimum absolute atomic E-state index is 0.217. The number of rotatable bonds is 3. The third kappa shape index (κ3) is 4.06. The Labute approximate surface area is 79.1 Å². The monoisotopic (exact) mass is 183 g/mol. The van der Waals surface area contributed by atoms with E-state index in [1.807, 2.05) is 0 Å². The van der Waals surface area contributed by atoms with Gasteiger partial charge in [0.25, 0.3) is 0 Å². The van der Waals surface area contributed by atoms with Crippen molar-refractivity contribution in [2.45, 2.75) is 46.5 Å². The van der Waals surface area contributed by atoms with Gasteiger partial charge in [-0.05, 0) is 24.7 Å². The molecule has 1 heterocycles. The lowest BCUT2D eigenvalue weighted by molar-refractivity contribution is -0.140. The van der Waals surface area contributed by atoms with Crippen LogP contribution in [0.1, 0.15) is 46.5 Å². The van der Waals surface area contributed by atoms with Gasteiger partial charge < -0.3 is 4.84 Å². The largest absolute Gasteiger partial charge is 0.340 e. The van der Waals surface area contributed by atoms with E-state index in [1.54, 1.807) is 0 Å². The van der Waals surface area contributed by atoms with Crippen LogP contribution in [0, 0.1) is 5.41 Å². The Morgan fingerprint density at radius 2 is 2.15 bits per heavy atom. The maximum atomic E-state index is 10.7. The molecule has 0 unspecified atom stereocenters. The first kappa shape index (κ1) is 10.2. The summed E-state index contributed by atoms with van der Waals surface area (Å²) >= 11 is 0. The number of nitrogens with zero attached hydrogens (tertiary/aromatic N) is 1. The van der Waals surface area contributed by atoms with Crippen LogP contribution in [0.15, 0.2) is 5.16 Å².